The highest BCUT2D eigenvalue weighted by atomic mass is 16.3. The van der Waals surface area contributed by atoms with E-state index < -0.39 is 0 Å². The van der Waals surface area contributed by atoms with Gasteiger partial charge >= 0.3 is 0 Å². The minimum absolute atomic E-state index is 0.0502. The van der Waals surface area contributed by atoms with E-state index in [1.165, 1.54) is 31.4 Å². The lowest BCUT2D eigenvalue weighted by Gasteiger charge is -2.33. The summed E-state index contributed by atoms with van der Waals surface area (Å²) >= 11 is 0. The Balaban J connectivity index is 1.28. The maximum absolute atomic E-state index is 12.5. The zero-order valence-electron chi connectivity index (χ0n) is 17.8. The zero-order chi connectivity index (χ0) is 20.8. The number of aryl methyl sites for hydroxylation is 2. The van der Waals surface area contributed by atoms with Crippen molar-refractivity contribution in [3.8, 4) is 0 Å². The number of hydrogen-bond donors (Lipinski definition) is 1. The van der Waals surface area contributed by atoms with Crippen LogP contribution in [0.4, 0.5) is 0 Å². The van der Waals surface area contributed by atoms with Crippen molar-refractivity contribution in [1.82, 2.24) is 15.2 Å². The predicted octanol–water partition coefficient (Wildman–Crippen LogP) is 4.61. The average Bonchev–Trinajstić information content (AvgIpc) is 3.19. The third-order valence-corrected chi connectivity index (χ3v) is 6.01. The fourth-order valence-corrected chi connectivity index (χ4v) is 4.19. The van der Waals surface area contributed by atoms with E-state index in [4.69, 9.17) is 4.42 Å². The number of fused-ring (bicyclic) bond motifs is 1. The molecule has 1 aliphatic heterocycles. The van der Waals surface area contributed by atoms with Crippen LogP contribution in [0.1, 0.15) is 54.4 Å². The summed E-state index contributed by atoms with van der Waals surface area (Å²) in [5.74, 6) is 0.660. The Bertz CT molecular complexity index is 967. The summed E-state index contributed by atoms with van der Waals surface area (Å²) < 4.78 is 5.90. The zero-order valence-corrected chi connectivity index (χ0v) is 17.8. The van der Waals surface area contributed by atoms with Crippen LogP contribution < -0.4 is 5.32 Å². The molecule has 30 heavy (non-hydrogen) atoms. The monoisotopic (exact) mass is 405 g/mol. The van der Waals surface area contributed by atoms with Gasteiger partial charge in [-0.3, -0.25) is 4.79 Å². The highest BCUT2D eigenvalue weighted by molar-refractivity contribution is 5.96. The van der Waals surface area contributed by atoms with Crippen LogP contribution in [0.3, 0.4) is 0 Å². The average molecular weight is 406 g/mol. The summed E-state index contributed by atoms with van der Waals surface area (Å²) in [6, 6.07) is 16.5. The molecule has 1 atom stereocenters. The number of nitrogens with one attached hydrogen (secondary N) is 1. The first-order valence-electron chi connectivity index (χ1n) is 11.1. The van der Waals surface area contributed by atoms with E-state index in [2.05, 4.69) is 34.3 Å². The third kappa shape index (κ3) is 5.28. The molecule has 1 aromatic heterocycles. The second-order valence-electron chi connectivity index (χ2n) is 8.27. The number of hydrogen-bond acceptors (Lipinski definition) is 4. The van der Waals surface area contributed by atoms with E-state index in [-0.39, 0.29) is 5.91 Å². The van der Waals surface area contributed by atoms with Crippen molar-refractivity contribution >= 4 is 17.0 Å². The van der Waals surface area contributed by atoms with Crippen molar-refractivity contribution in [2.45, 2.75) is 51.5 Å². The molecule has 158 valence electrons. The second-order valence-corrected chi connectivity index (χ2v) is 8.27. The molecule has 0 spiro atoms. The summed E-state index contributed by atoms with van der Waals surface area (Å²) in [5.41, 5.74) is 3.36. The van der Waals surface area contributed by atoms with Crippen molar-refractivity contribution in [2.24, 2.45) is 0 Å². The topological polar surface area (TPSA) is 58.4 Å². The summed E-state index contributed by atoms with van der Waals surface area (Å²) in [4.78, 5) is 19.6. The Morgan fingerprint density at radius 3 is 2.87 bits per heavy atom. The van der Waals surface area contributed by atoms with E-state index in [9.17, 15) is 4.79 Å². The number of amides is 1. The molecule has 0 radical (unpaired) electrons. The van der Waals surface area contributed by atoms with Crippen molar-refractivity contribution in [2.75, 3.05) is 19.6 Å². The number of aromatic nitrogens is 1. The molecule has 1 fully saturated rings. The fourth-order valence-electron chi connectivity index (χ4n) is 4.19. The number of piperidine rings is 1. The molecule has 5 nitrogen and oxygen atoms in total. The Labute approximate surface area is 178 Å². The molecule has 2 aromatic carbocycles. The predicted molar refractivity (Wildman–Crippen MR) is 120 cm³/mol. The first-order chi connectivity index (χ1) is 14.7. The van der Waals surface area contributed by atoms with Gasteiger partial charge in [0, 0.05) is 31.1 Å². The highest BCUT2D eigenvalue weighted by Crippen LogP contribution is 2.19. The standard InChI is InChI=1S/C25H31N3O2/c1-19-8-5-6-16-28(19)17-7-15-26-25(29)21-12-13-22-23(18-21)30-24(27-22)14-11-20-9-3-2-4-10-20/h2-4,9-10,12-13,18-19H,5-8,11,14-17H2,1H3,(H,26,29)/t19-/m1/s1. The molecule has 3 aromatic rings. The molecule has 0 saturated carbocycles. The molecule has 4 rings (SSSR count). The molecule has 2 heterocycles. The highest BCUT2D eigenvalue weighted by Gasteiger charge is 2.17. The summed E-state index contributed by atoms with van der Waals surface area (Å²) in [7, 11) is 0. The Hall–Kier alpha value is -2.66. The first-order valence-corrected chi connectivity index (χ1v) is 11.1. The van der Waals surface area contributed by atoms with Crippen molar-refractivity contribution < 1.29 is 9.21 Å². The summed E-state index contributed by atoms with van der Waals surface area (Å²) in [6.07, 6.45) is 6.53. The van der Waals surface area contributed by atoms with Gasteiger partial charge in [0.1, 0.15) is 5.52 Å². The van der Waals surface area contributed by atoms with Crippen molar-refractivity contribution in [1.29, 1.82) is 0 Å². The van der Waals surface area contributed by atoms with Gasteiger partial charge in [0.2, 0.25) is 0 Å². The number of likely N-dealkylation sites (tertiary alicyclic amines) is 1. The summed E-state index contributed by atoms with van der Waals surface area (Å²) in [5, 5.41) is 3.04. The Morgan fingerprint density at radius 2 is 2.03 bits per heavy atom. The third-order valence-electron chi connectivity index (χ3n) is 6.01. The summed E-state index contributed by atoms with van der Waals surface area (Å²) in [6.45, 7) is 5.23. The van der Waals surface area contributed by atoms with E-state index >= 15 is 0 Å². The van der Waals surface area contributed by atoms with Crippen molar-refractivity contribution in [3.63, 3.8) is 0 Å². The van der Waals surface area contributed by atoms with Crippen LogP contribution in [0.2, 0.25) is 0 Å². The molecule has 1 N–H and O–H groups in total. The van der Waals surface area contributed by atoms with Crippen molar-refractivity contribution in [3.05, 3.63) is 65.5 Å². The lowest BCUT2D eigenvalue weighted by atomic mass is 10.0. The number of carbonyl (C=O) groups is 1. The lowest BCUT2D eigenvalue weighted by molar-refractivity contribution is 0.0949. The Kier molecular flexibility index (Phi) is 6.80. The van der Waals surface area contributed by atoms with Crippen LogP contribution in [0.15, 0.2) is 52.9 Å². The molecule has 1 aliphatic rings. The molecule has 1 saturated heterocycles. The van der Waals surface area contributed by atoms with Gasteiger partial charge < -0.3 is 14.6 Å². The normalized spacial score (nSPS) is 17.3. The van der Waals surface area contributed by atoms with Gasteiger partial charge in [-0.05, 0) is 62.9 Å². The van der Waals surface area contributed by atoms with E-state index in [0.717, 1.165) is 31.3 Å². The molecule has 5 heteroatoms. The maximum Gasteiger partial charge on any atom is 0.251 e. The molecular formula is C25H31N3O2. The van der Waals surface area contributed by atoms with Crippen LogP contribution in [0, 0.1) is 0 Å². The van der Waals surface area contributed by atoms with Crippen LogP contribution >= 0.6 is 0 Å². The molecule has 1 amide bonds. The van der Waals surface area contributed by atoms with Crippen LogP contribution in [0.5, 0.6) is 0 Å². The van der Waals surface area contributed by atoms with E-state index in [1.807, 2.05) is 30.3 Å². The molecule has 0 bridgehead atoms. The number of rotatable bonds is 8. The molecular weight excluding hydrogens is 374 g/mol. The van der Waals surface area contributed by atoms with Crippen LogP contribution in [0.25, 0.3) is 11.1 Å². The van der Waals surface area contributed by atoms with E-state index in [0.29, 0.717) is 29.6 Å². The second kappa shape index (κ2) is 9.90. The number of benzene rings is 2. The number of nitrogens with zero attached hydrogens (tertiary/aromatic N) is 2. The smallest absolute Gasteiger partial charge is 0.251 e. The number of carbonyl (C=O) groups excluding carboxylic acids is 1. The Morgan fingerprint density at radius 1 is 1.17 bits per heavy atom. The fraction of sp³-hybridized carbons (Fsp3) is 0.440. The SMILES string of the molecule is C[C@@H]1CCCCN1CCCNC(=O)c1ccc2nc(CCc3ccccc3)oc2c1. The van der Waals surface area contributed by atoms with E-state index in [1.54, 1.807) is 6.07 Å². The van der Waals surface area contributed by atoms with Gasteiger partial charge in [-0.15, -0.1) is 0 Å². The van der Waals surface area contributed by atoms with Gasteiger partial charge in [-0.25, -0.2) is 4.98 Å². The van der Waals surface area contributed by atoms with Gasteiger partial charge in [0.05, 0.1) is 0 Å². The van der Waals surface area contributed by atoms with Gasteiger partial charge in [-0.1, -0.05) is 36.8 Å². The van der Waals surface area contributed by atoms with Crippen LogP contribution in [-0.4, -0.2) is 41.5 Å². The van der Waals surface area contributed by atoms with Gasteiger partial charge in [0.15, 0.2) is 11.5 Å². The first kappa shape index (κ1) is 20.6. The lowest BCUT2D eigenvalue weighted by Crippen LogP contribution is -2.39. The minimum atomic E-state index is -0.0502. The van der Waals surface area contributed by atoms with Gasteiger partial charge in [0.25, 0.3) is 5.91 Å². The quantitative estimate of drug-likeness (QED) is 0.556. The van der Waals surface area contributed by atoms with Crippen LogP contribution in [-0.2, 0) is 12.8 Å². The number of oxazole rings is 1. The maximum atomic E-state index is 12.5. The largest absolute Gasteiger partial charge is 0.441 e. The molecule has 0 aliphatic carbocycles. The van der Waals surface area contributed by atoms with Gasteiger partial charge in [-0.2, -0.15) is 0 Å². The minimum Gasteiger partial charge on any atom is -0.441 e. The molecule has 0 unspecified atom stereocenters.